The van der Waals surface area contributed by atoms with Crippen LogP contribution in [0.25, 0.3) is 0 Å². The number of rotatable bonds is 1. The molecule has 0 aromatic heterocycles. The molecule has 1 N–H and O–H groups in total. The van der Waals surface area contributed by atoms with Crippen LogP contribution in [0.1, 0.15) is 22.8 Å². The molecule has 1 aromatic rings. The zero-order valence-electron chi connectivity index (χ0n) is 7.46. The summed E-state index contributed by atoms with van der Waals surface area (Å²) in [5.41, 5.74) is 1.80. The highest BCUT2D eigenvalue weighted by molar-refractivity contribution is 5.97. The first-order valence-corrected chi connectivity index (χ1v) is 4.35. The number of carbonyl (C=O) groups is 1. The second-order valence-electron chi connectivity index (χ2n) is 2.98. The topological polar surface area (TPSA) is 38.3 Å². The third-order valence-electron chi connectivity index (χ3n) is 2.16. The first-order chi connectivity index (χ1) is 6.31. The number of fused-ring (bicyclic) bond motifs is 1. The van der Waals surface area contributed by atoms with E-state index < -0.39 is 0 Å². The molecule has 0 saturated carbocycles. The molecule has 0 bridgehead atoms. The maximum atomic E-state index is 11.4. The number of carbonyl (C=O) groups excluding carboxylic acids is 1. The Bertz CT molecular complexity index is 347. The lowest BCUT2D eigenvalue weighted by Crippen LogP contribution is -2.32. The summed E-state index contributed by atoms with van der Waals surface area (Å²) in [5, 5.41) is 2.63. The van der Waals surface area contributed by atoms with E-state index in [1.54, 1.807) is 0 Å². The van der Waals surface area contributed by atoms with E-state index in [1.165, 1.54) is 0 Å². The van der Waals surface area contributed by atoms with E-state index in [4.69, 9.17) is 4.74 Å². The lowest BCUT2D eigenvalue weighted by atomic mass is 10.1. The van der Waals surface area contributed by atoms with Crippen LogP contribution in [0.2, 0.25) is 0 Å². The van der Waals surface area contributed by atoms with Crippen LogP contribution in [0, 0.1) is 0 Å². The normalized spacial score (nSPS) is 14.4. The Kier molecular flexibility index (Phi) is 1.93. The minimum atomic E-state index is -0.0449. The van der Waals surface area contributed by atoms with Crippen LogP contribution in [-0.4, -0.2) is 12.6 Å². The van der Waals surface area contributed by atoms with Gasteiger partial charge in [-0.3, -0.25) is 4.79 Å². The number of hydrogen-bond acceptors (Lipinski definition) is 2. The maximum absolute atomic E-state index is 11.4. The van der Waals surface area contributed by atoms with Gasteiger partial charge in [0.25, 0.3) is 5.91 Å². The number of ether oxygens (including phenoxy) is 1. The molecule has 0 radical (unpaired) electrons. The first kappa shape index (κ1) is 8.10. The number of aryl methyl sites for hydroxylation is 1. The van der Waals surface area contributed by atoms with Gasteiger partial charge in [0.2, 0.25) is 0 Å². The van der Waals surface area contributed by atoms with Crippen molar-refractivity contribution < 1.29 is 9.53 Å². The largest absolute Gasteiger partial charge is 0.472 e. The molecule has 3 heteroatoms. The zero-order valence-corrected chi connectivity index (χ0v) is 7.46. The average molecular weight is 177 g/mol. The van der Waals surface area contributed by atoms with Crippen molar-refractivity contribution in [3.63, 3.8) is 0 Å². The van der Waals surface area contributed by atoms with Crippen LogP contribution in [-0.2, 0) is 6.42 Å². The zero-order chi connectivity index (χ0) is 9.26. The molecule has 13 heavy (non-hydrogen) atoms. The summed E-state index contributed by atoms with van der Waals surface area (Å²) in [6, 6.07) is 5.72. The van der Waals surface area contributed by atoms with Crippen molar-refractivity contribution in [2.24, 2.45) is 0 Å². The Hall–Kier alpha value is -1.51. The van der Waals surface area contributed by atoms with Crippen LogP contribution in [0.15, 0.2) is 18.2 Å². The molecule has 1 aliphatic heterocycles. The fraction of sp³-hybridized carbons (Fsp3) is 0.300. The van der Waals surface area contributed by atoms with Gasteiger partial charge in [-0.15, -0.1) is 0 Å². The summed E-state index contributed by atoms with van der Waals surface area (Å²) in [6.45, 7) is 2.33. The van der Waals surface area contributed by atoms with Crippen molar-refractivity contribution in [3.8, 4) is 5.75 Å². The van der Waals surface area contributed by atoms with Crippen molar-refractivity contribution in [3.05, 3.63) is 29.3 Å². The molecule has 0 aliphatic carbocycles. The van der Waals surface area contributed by atoms with Crippen molar-refractivity contribution in [2.75, 3.05) is 6.73 Å². The third-order valence-corrected chi connectivity index (χ3v) is 2.16. The molecular weight excluding hydrogens is 166 g/mol. The van der Waals surface area contributed by atoms with Crippen LogP contribution < -0.4 is 10.1 Å². The number of benzene rings is 1. The minimum absolute atomic E-state index is 0.0449. The standard InChI is InChI=1S/C10H11NO2/c1-2-7-3-4-9-8(5-7)10(12)11-6-13-9/h3-5H,2,6H2,1H3,(H,11,12). The molecule has 0 saturated heterocycles. The fourth-order valence-electron chi connectivity index (χ4n) is 1.37. The lowest BCUT2D eigenvalue weighted by molar-refractivity contribution is 0.0883. The minimum Gasteiger partial charge on any atom is -0.472 e. The summed E-state index contributed by atoms with van der Waals surface area (Å²) >= 11 is 0. The van der Waals surface area contributed by atoms with Gasteiger partial charge in [0.1, 0.15) is 5.75 Å². The summed E-state index contributed by atoms with van der Waals surface area (Å²) in [7, 11) is 0. The van der Waals surface area contributed by atoms with Gasteiger partial charge in [0, 0.05) is 0 Å². The molecular formula is C10H11NO2. The Labute approximate surface area is 76.7 Å². The average Bonchev–Trinajstić information content (AvgIpc) is 2.18. The summed E-state index contributed by atoms with van der Waals surface area (Å²) < 4.78 is 5.26. The maximum Gasteiger partial charge on any atom is 0.257 e. The van der Waals surface area contributed by atoms with Gasteiger partial charge < -0.3 is 10.1 Å². The lowest BCUT2D eigenvalue weighted by Gasteiger charge is -2.17. The number of amides is 1. The molecule has 0 unspecified atom stereocenters. The van der Waals surface area contributed by atoms with Gasteiger partial charge >= 0.3 is 0 Å². The van der Waals surface area contributed by atoms with Crippen LogP contribution >= 0.6 is 0 Å². The van der Waals surface area contributed by atoms with Gasteiger partial charge in [-0.1, -0.05) is 13.0 Å². The SMILES string of the molecule is CCc1ccc2c(c1)C(=O)NCO2. The molecule has 0 fully saturated rings. The van der Waals surface area contributed by atoms with Gasteiger partial charge in [0.05, 0.1) is 5.56 Å². The predicted molar refractivity (Wildman–Crippen MR) is 48.8 cm³/mol. The highest BCUT2D eigenvalue weighted by Gasteiger charge is 2.17. The van der Waals surface area contributed by atoms with E-state index in [2.05, 4.69) is 12.2 Å². The van der Waals surface area contributed by atoms with E-state index in [1.807, 2.05) is 18.2 Å². The Morgan fingerprint density at radius 2 is 2.38 bits per heavy atom. The van der Waals surface area contributed by atoms with Gasteiger partial charge in [-0.25, -0.2) is 0 Å². The van der Waals surface area contributed by atoms with E-state index >= 15 is 0 Å². The van der Waals surface area contributed by atoms with Crippen molar-refractivity contribution in [2.45, 2.75) is 13.3 Å². The number of nitrogens with one attached hydrogen (secondary N) is 1. The Balaban J connectivity index is 2.47. The highest BCUT2D eigenvalue weighted by Crippen LogP contribution is 2.22. The molecule has 3 nitrogen and oxygen atoms in total. The smallest absolute Gasteiger partial charge is 0.257 e. The van der Waals surface area contributed by atoms with Gasteiger partial charge in [0.15, 0.2) is 6.73 Å². The van der Waals surface area contributed by atoms with E-state index in [0.29, 0.717) is 11.3 Å². The van der Waals surface area contributed by atoms with Gasteiger partial charge in [-0.2, -0.15) is 0 Å². The van der Waals surface area contributed by atoms with Crippen molar-refractivity contribution in [1.29, 1.82) is 0 Å². The third kappa shape index (κ3) is 1.37. The van der Waals surface area contributed by atoms with Crippen LogP contribution in [0.4, 0.5) is 0 Å². The fourth-order valence-corrected chi connectivity index (χ4v) is 1.37. The molecule has 1 aromatic carbocycles. The predicted octanol–water partition coefficient (Wildman–Crippen LogP) is 1.33. The van der Waals surface area contributed by atoms with E-state index in [0.717, 1.165) is 12.0 Å². The van der Waals surface area contributed by atoms with E-state index in [9.17, 15) is 4.79 Å². The second-order valence-corrected chi connectivity index (χ2v) is 2.98. The van der Waals surface area contributed by atoms with Gasteiger partial charge in [-0.05, 0) is 24.1 Å². The Morgan fingerprint density at radius 3 is 3.15 bits per heavy atom. The molecule has 68 valence electrons. The van der Waals surface area contributed by atoms with Crippen LogP contribution in [0.3, 0.4) is 0 Å². The molecule has 0 atom stereocenters. The molecule has 1 aliphatic rings. The Morgan fingerprint density at radius 1 is 1.54 bits per heavy atom. The molecule has 1 heterocycles. The van der Waals surface area contributed by atoms with Crippen LogP contribution in [0.5, 0.6) is 5.75 Å². The van der Waals surface area contributed by atoms with Crippen molar-refractivity contribution in [1.82, 2.24) is 5.32 Å². The highest BCUT2D eigenvalue weighted by atomic mass is 16.5. The van der Waals surface area contributed by atoms with E-state index in [-0.39, 0.29) is 12.6 Å². The summed E-state index contributed by atoms with van der Waals surface area (Å²) in [5.74, 6) is 0.637. The first-order valence-electron chi connectivity index (χ1n) is 4.35. The summed E-state index contributed by atoms with van der Waals surface area (Å²) in [4.78, 5) is 11.4. The quantitative estimate of drug-likeness (QED) is 0.702. The second kappa shape index (κ2) is 3.09. The molecule has 0 spiro atoms. The van der Waals surface area contributed by atoms with Crippen molar-refractivity contribution >= 4 is 5.91 Å². The monoisotopic (exact) mass is 177 g/mol. The number of hydrogen-bond donors (Lipinski definition) is 1. The molecule has 1 amide bonds. The summed E-state index contributed by atoms with van der Waals surface area (Å²) in [6.07, 6.45) is 0.931. The molecule has 2 rings (SSSR count).